The summed E-state index contributed by atoms with van der Waals surface area (Å²) in [5, 5.41) is 2.85. The maximum absolute atomic E-state index is 12.6. The number of anilines is 1. The summed E-state index contributed by atoms with van der Waals surface area (Å²) in [6.07, 6.45) is 0.849. The van der Waals surface area contributed by atoms with Crippen LogP contribution in [0.1, 0.15) is 17.5 Å². The molecule has 0 saturated carbocycles. The van der Waals surface area contributed by atoms with Gasteiger partial charge in [0.05, 0.1) is 13.5 Å². The van der Waals surface area contributed by atoms with E-state index in [4.69, 9.17) is 4.74 Å². The van der Waals surface area contributed by atoms with Gasteiger partial charge >= 0.3 is 0 Å². The van der Waals surface area contributed by atoms with Gasteiger partial charge in [0.1, 0.15) is 11.8 Å². The lowest BCUT2D eigenvalue weighted by Gasteiger charge is -2.17. The molecule has 1 atom stereocenters. The summed E-state index contributed by atoms with van der Waals surface area (Å²) < 4.78 is 5.17. The molecule has 0 spiro atoms. The molecule has 1 saturated heterocycles. The predicted molar refractivity (Wildman–Crippen MR) is 96.8 cm³/mol. The van der Waals surface area contributed by atoms with Crippen molar-refractivity contribution >= 4 is 17.5 Å². The van der Waals surface area contributed by atoms with Crippen molar-refractivity contribution in [2.24, 2.45) is 0 Å². The summed E-state index contributed by atoms with van der Waals surface area (Å²) in [7, 11) is 1.59. The molecule has 130 valence electrons. The Morgan fingerprint density at radius 1 is 1.24 bits per heavy atom. The summed E-state index contributed by atoms with van der Waals surface area (Å²) in [5.74, 6) is 0.507. The van der Waals surface area contributed by atoms with Gasteiger partial charge in [-0.25, -0.2) is 0 Å². The first kappa shape index (κ1) is 17.0. The van der Waals surface area contributed by atoms with Crippen molar-refractivity contribution in [3.63, 3.8) is 0 Å². The topological polar surface area (TPSA) is 58.6 Å². The van der Waals surface area contributed by atoms with E-state index >= 15 is 0 Å². The zero-order chi connectivity index (χ0) is 17.8. The molecule has 1 fully saturated rings. The third-order valence-electron chi connectivity index (χ3n) is 4.39. The van der Waals surface area contributed by atoms with Gasteiger partial charge in [0.15, 0.2) is 0 Å². The third-order valence-corrected chi connectivity index (χ3v) is 4.39. The minimum absolute atomic E-state index is 0.0529. The monoisotopic (exact) mass is 338 g/mol. The molecule has 5 heteroatoms. The molecule has 2 amide bonds. The summed E-state index contributed by atoms with van der Waals surface area (Å²) >= 11 is 0. The number of carbonyl (C=O) groups excluding carboxylic acids is 2. The number of amides is 2. The molecule has 25 heavy (non-hydrogen) atoms. The van der Waals surface area contributed by atoms with E-state index in [2.05, 4.69) is 5.32 Å². The van der Waals surface area contributed by atoms with Crippen molar-refractivity contribution in [2.45, 2.75) is 25.8 Å². The summed E-state index contributed by atoms with van der Waals surface area (Å²) in [6, 6.07) is 14.8. The van der Waals surface area contributed by atoms with Crippen LogP contribution in [0.25, 0.3) is 0 Å². The Hall–Kier alpha value is -2.82. The number of hydrogen-bond acceptors (Lipinski definition) is 3. The molecular formula is C20H22N2O3. The van der Waals surface area contributed by atoms with Gasteiger partial charge < -0.3 is 15.0 Å². The molecule has 1 aliphatic rings. The highest BCUT2D eigenvalue weighted by Crippen LogP contribution is 2.22. The zero-order valence-electron chi connectivity index (χ0n) is 14.5. The average molecular weight is 338 g/mol. The van der Waals surface area contributed by atoms with Gasteiger partial charge in [0.2, 0.25) is 11.8 Å². The largest absolute Gasteiger partial charge is 0.497 e. The molecule has 2 aromatic rings. The molecule has 0 radical (unpaired) electrons. The molecule has 0 aromatic heterocycles. The van der Waals surface area contributed by atoms with Gasteiger partial charge in [-0.05, 0) is 43.2 Å². The lowest BCUT2D eigenvalue weighted by Crippen LogP contribution is -2.42. The van der Waals surface area contributed by atoms with E-state index in [1.165, 1.54) is 0 Å². The number of ether oxygens (including phenoxy) is 1. The highest BCUT2D eigenvalue weighted by atomic mass is 16.5. The van der Waals surface area contributed by atoms with Crippen molar-refractivity contribution in [3.05, 3.63) is 59.7 Å². The second-order valence-electron chi connectivity index (χ2n) is 6.26. The Morgan fingerprint density at radius 2 is 2.00 bits per heavy atom. The van der Waals surface area contributed by atoms with Gasteiger partial charge in [0.25, 0.3) is 0 Å². The number of carbonyl (C=O) groups is 2. The van der Waals surface area contributed by atoms with E-state index in [0.717, 1.165) is 16.8 Å². The molecule has 0 unspecified atom stereocenters. The Kier molecular flexibility index (Phi) is 5.03. The molecule has 2 aromatic carbocycles. The first-order chi connectivity index (χ1) is 12.1. The Bertz CT molecular complexity index is 771. The Labute approximate surface area is 147 Å². The summed E-state index contributed by atoms with van der Waals surface area (Å²) in [4.78, 5) is 26.6. The highest BCUT2D eigenvalue weighted by molar-refractivity contribution is 6.01. The van der Waals surface area contributed by atoms with Gasteiger partial charge in [-0.15, -0.1) is 0 Å². The lowest BCUT2D eigenvalue weighted by molar-refractivity contribution is -0.126. The summed E-state index contributed by atoms with van der Waals surface area (Å²) in [5.41, 5.74) is 2.89. The molecule has 0 bridgehead atoms. The predicted octanol–water partition coefficient (Wildman–Crippen LogP) is 2.47. The molecule has 1 heterocycles. The SMILES string of the molecule is COc1cccc(CC(=O)N[C@H]2CCN(c3ccc(C)cc3)C2=O)c1. The van der Waals surface area contributed by atoms with Gasteiger partial charge in [-0.3, -0.25) is 9.59 Å². The van der Waals surface area contributed by atoms with Crippen LogP contribution >= 0.6 is 0 Å². The number of methoxy groups -OCH3 is 1. The van der Waals surface area contributed by atoms with E-state index in [0.29, 0.717) is 18.7 Å². The maximum Gasteiger partial charge on any atom is 0.249 e. The van der Waals surface area contributed by atoms with Crippen LogP contribution < -0.4 is 15.0 Å². The van der Waals surface area contributed by atoms with Crippen molar-refractivity contribution in [1.29, 1.82) is 0 Å². The van der Waals surface area contributed by atoms with Gasteiger partial charge in [0, 0.05) is 12.2 Å². The maximum atomic E-state index is 12.6. The number of nitrogens with one attached hydrogen (secondary N) is 1. The van der Waals surface area contributed by atoms with Crippen molar-refractivity contribution in [3.8, 4) is 5.75 Å². The van der Waals surface area contributed by atoms with Crippen LogP contribution in [0.15, 0.2) is 48.5 Å². The molecule has 1 aliphatic heterocycles. The first-order valence-corrected chi connectivity index (χ1v) is 8.37. The highest BCUT2D eigenvalue weighted by Gasteiger charge is 2.33. The number of benzene rings is 2. The molecule has 0 aliphatic carbocycles. The van der Waals surface area contributed by atoms with E-state index in [-0.39, 0.29) is 18.2 Å². The lowest BCUT2D eigenvalue weighted by atomic mass is 10.1. The molecule has 5 nitrogen and oxygen atoms in total. The normalized spacial score (nSPS) is 16.8. The standard InChI is InChI=1S/C20H22N2O3/c1-14-6-8-16(9-7-14)22-11-10-18(20(22)24)21-19(23)13-15-4-3-5-17(12-15)25-2/h3-9,12,18H,10-11,13H2,1-2H3,(H,21,23)/t18-/m0/s1. The van der Waals surface area contributed by atoms with Crippen LogP contribution in [0.2, 0.25) is 0 Å². The van der Waals surface area contributed by atoms with Crippen molar-refractivity contribution < 1.29 is 14.3 Å². The average Bonchev–Trinajstić information content (AvgIpc) is 2.96. The van der Waals surface area contributed by atoms with Crippen LogP contribution in [-0.2, 0) is 16.0 Å². The molecular weight excluding hydrogens is 316 g/mol. The molecule has 1 N–H and O–H groups in total. The van der Waals surface area contributed by atoms with Crippen LogP contribution in [0.4, 0.5) is 5.69 Å². The van der Waals surface area contributed by atoms with E-state index < -0.39 is 6.04 Å². The van der Waals surface area contributed by atoms with E-state index in [9.17, 15) is 9.59 Å². The fraction of sp³-hybridized carbons (Fsp3) is 0.300. The fourth-order valence-corrected chi connectivity index (χ4v) is 3.01. The van der Waals surface area contributed by atoms with Crippen LogP contribution in [0.3, 0.4) is 0 Å². The number of aryl methyl sites for hydroxylation is 1. The minimum atomic E-state index is -0.459. The first-order valence-electron chi connectivity index (χ1n) is 8.37. The van der Waals surface area contributed by atoms with Gasteiger partial charge in [-0.1, -0.05) is 29.8 Å². The van der Waals surface area contributed by atoms with Crippen LogP contribution in [0, 0.1) is 6.92 Å². The third kappa shape index (κ3) is 3.99. The van der Waals surface area contributed by atoms with Crippen molar-refractivity contribution in [2.75, 3.05) is 18.6 Å². The minimum Gasteiger partial charge on any atom is -0.497 e. The van der Waals surface area contributed by atoms with Crippen LogP contribution in [-0.4, -0.2) is 31.5 Å². The Balaban J connectivity index is 1.60. The van der Waals surface area contributed by atoms with Crippen LogP contribution in [0.5, 0.6) is 5.75 Å². The van der Waals surface area contributed by atoms with Gasteiger partial charge in [-0.2, -0.15) is 0 Å². The smallest absolute Gasteiger partial charge is 0.249 e. The second-order valence-corrected chi connectivity index (χ2v) is 6.26. The summed E-state index contributed by atoms with van der Waals surface area (Å²) in [6.45, 7) is 2.63. The number of rotatable bonds is 5. The molecule has 3 rings (SSSR count). The number of hydrogen-bond donors (Lipinski definition) is 1. The quantitative estimate of drug-likeness (QED) is 0.911. The Morgan fingerprint density at radius 3 is 2.72 bits per heavy atom. The van der Waals surface area contributed by atoms with E-state index in [1.807, 2.05) is 55.5 Å². The number of nitrogens with zero attached hydrogens (tertiary/aromatic N) is 1. The van der Waals surface area contributed by atoms with Crippen molar-refractivity contribution in [1.82, 2.24) is 5.32 Å². The second kappa shape index (κ2) is 7.38. The zero-order valence-corrected chi connectivity index (χ0v) is 14.5. The fourth-order valence-electron chi connectivity index (χ4n) is 3.01. The van der Waals surface area contributed by atoms with E-state index in [1.54, 1.807) is 12.0 Å².